The molecule has 1 saturated heterocycles. The van der Waals surface area contributed by atoms with E-state index in [1.54, 1.807) is 0 Å². The predicted molar refractivity (Wildman–Crippen MR) is 224 cm³/mol. The van der Waals surface area contributed by atoms with Crippen LogP contribution in [0.2, 0.25) is 0 Å². The van der Waals surface area contributed by atoms with E-state index in [2.05, 4.69) is 62.5 Å². The second-order valence-corrected chi connectivity index (χ2v) is 17.2. The maximum atomic E-state index is 12.7. The Kier molecular flexibility index (Phi) is 30.5. The van der Waals surface area contributed by atoms with E-state index in [0.29, 0.717) is 23.9 Å². The molecule has 4 atom stereocenters. The summed E-state index contributed by atoms with van der Waals surface area (Å²) in [5.41, 5.74) is 0. The molecule has 10 nitrogen and oxygen atoms in total. The summed E-state index contributed by atoms with van der Waals surface area (Å²) in [5, 5.41) is 0. The van der Waals surface area contributed by atoms with E-state index in [9.17, 15) is 19.0 Å². The van der Waals surface area contributed by atoms with Gasteiger partial charge in [0.1, 0.15) is 19.8 Å². The van der Waals surface area contributed by atoms with Gasteiger partial charge in [-0.25, -0.2) is 4.57 Å². The third-order valence-corrected chi connectivity index (χ3v) is 10.2. The summed E-state index contributed by atoms with van der Waals surface area (Å²) in [4.78, 5) is 35.3. The highest BCUT2D eigenvalue weighted by Gasteiger charge is 2.36. The summed E-state index contributed by atoms with van der Waals surface area (Å²) in [5.74, 6) is -0.886. The van der Waals surface area contributed by atoms with E-state index in [4.69, 9.17) is 23.3 Å². The number of nitrogens with zero attached hydrogens (tertiary/aromatic N) is 1. The van der Waals surface area contributed by atoms with Crippen LogP contribution in [0.3, 0.4) is 0 Å². The van der Waals surface area contributed by atoms with Gasteiger partial charge >= 0.3 is 19.8 Å². The summed E-state index contributed by atoms with van der Waals surface area (Å²) in [6, 6.07) is 0. The van der Waals surface area contributed by atoms with Gasteiger partial charge in [-0.1, -0.05) is 114 Å². The van der Waals surface area contributed by atoms with E-state index < -0.39 is 32.5 Å². The third-order valence-electron chi connectivity index (χ3n) is 9.23. The lowest BCUT2D eigenvalue weighted by Gasteiger charge is -2.24. The van der Waals surface area contributed by atoms with Gasteiger partial charge in [0.05, 0.1) is 40.0 Å². The lowest BCUT2D eigenvalue weighted by molar-refractivity contribution is -0.870. The number of rotatable bonds is 37. The fraction of sp³-hybridized carbons (Fsp3) is 0.773. The highest BCUT2D eigenvalue weighted by molar-refractivity contribution is 7.47. The van der Waals surface area contributed by atoms with Gasteiger partial charge in [0.2, 0.25) is 0 Å². The number of hydrogen-bond donors (Lipinski definition) is 1. The normalized spacial score (nSPS) is 17.8. The fourth-order valence-electron chi connectivity index (χ4n) is 5.69. The van der Waals surface area contributed by atoms with Gasteiger partial charge in [-0.05, 0) is 77.0 Å². The summed E-state index contributed by atoms with van der Waals surface area (Å²) < 4.78 is 40.0. The first-order valence-corrected chi connectivity index (χ1v) is 23.0. The molecular formula is C44H79NO9P+. The molecule has 0 aromatic heterocycles. The Balaban J connectivity index is 2.35. The van der Waals surface area contributed by atoms with Crippen molar-refractivity contribution < 1.29 is 46.8 Å². The molecule has 0 aliphatic carbocycles. The molecular weight excluding hydrogens is 717 g/mol. The SMILES string of the molecule is CCCCC/C=C\C/C=C\CC1OC1C/C=C\CCCC(=O)OC[C@H](COP(=O)(O)OCC[N+](C)(C)C)OC(=O)CCCCCCC/C=C\CCCCCC. The lowest BCUT2D eigenvalue weighted by atomic mass is 10.1. The van der Waals surface area contributed by atoms with Gasteiger partial charge in [-0.15, -0.1) is 0 Å². The van der Waals surface area contributed by atoms with Crippen molar-refractivity contribution in [1.82, 2.24) is 0 Å². The topological polar surface area (TPSA) is 121 Å². The summed E-state index contributed by atoms with van der Waals surface area (Å²) >= 11 is 0. The molecule has 0 bridgehead atoms. The van der Waals surface area contributed by atoms with Crippen molar-refractivity contribution >= 4 is 19.8 Å². The van der Waals surface area contributed by atoms with Crippen molar-refractivity contribution in [3.8, 4) is 0 Å². The monoisotopic (exact) mass is 797 g/mol. The van der Waals surface area contributed by atoms with Crippen LogP contribution in [0.4, 0.5) is 0 Å². The number of phosphoric ester groups is 1. The van der Waals surface area contributed by atoms with Gasteiger partial charge in [-0.3, -0.25) is 18.6 Å². The first kappa shape index (κ1) is 50.9. The first-order chi connectivity index (χ1) is 26.5. The maximum Gasteiger partial charge on any atom is 0.472 e. The largest absolute Gasteiger partial charge is 0.472 e. The molecule has 1 aliphatic heterocycles. The van der Waals surface area contributed by atoms with Crippen LogP contribution in [0.25, 0.3) is 0 Å². The van der Waals surface area contributed by atoms with Gasteiger partial charge in [0.25, 0.3) is 0 Å². The van der Waals surface area contributed by atoms with Gasteiger partial charge < -0.3 is 23.6 Å². The molecule has 1 N–H and O–H groups in total. The molecule has 0 amide bonds. The molecule has 1 rings (SSSR count). The van der Waals surface area contributed by atoms with Crippen molar-refractivity contribution in [3.05, 3.63) is 48.6 Å². The lowest BCUT2D eigenvalue weighted by Crippen LogP contribution is -2.37. The summed E-state index contributed by atoms with van der Waals surface area (Å²) in [7, 11) is 1.43. The van der Waals surface area contributed by atoms with Crippen LogP contribution in [-0.4, -0.2) is 87.1 Å². The van der Waals surface area contributed by atoms with Crippen molar-refractivity contribution in [2.75, 3.05) is 47.5 Å². The number of quaternary nitrogens is 1. The smallest absolute Gasteiger partial charge is 0.462 e. The average Bonchev–Trinajstić information content (AvgIpc) is 3.89. The Hall–Kier alpha value is -2.07. The quantitative estimate of drug-likeness (QED) is 0.0163. The Morgan fingerprint density at radius 3 is 1.84 bits per heavy atom. The molecule has 318 valence electrons. The molecule has 11 heteroatoms. The Bertz CT molecular complexity index is 1150. The van der Waals surface area contributed by atoms with E-state index in [-0.39, 0.29) is 38.3 Å². The zero-order valence-electron chi connectivity index (χ0n) is 35.3. The molecule has 0 radical (unpaired) electrons. The Labute approximate surface area is 335 Å². The number of hydrogen-bond acceptors (Lipinski definition) is 8. The number of phosphoric acid groups is 1. The Morgan fingerprint density at radius 2 is 1.16 bits per heavy atom. The maximum absolute atomic E-state index is 12.7. The summed E-state index contributed by atoms with van der Waals surface area (Å²) in [6.07, 6.45) is 39.0. The predicted octanol–water partition coefficient (Wildman–Crippen LogP) is 10.9. The number of carbonyl (C=O) groups is 2. The van der Waals surface area contributed by atoms with Crippen LogP contribution in [0.15, 0.2) is 48.6 Å². The minimum absolute atomic E-state index is 0.0173. The van der Waals surface area contributed by atoms with Crippen LogP contribution in [-0.2, 0) is 37.4 Å². The van der Waals surface area contributed by atoms with Gasteiger partial charge in [0.15, 0.2) is 6.10 Å². The van der Waals surface area contributed by atoms with Crippen LogP contribution in [0.1, 0.15) is 155 Å². The fourth-order valence-corrected chi connectivity index (χ4v) is 6.43. The number of epoxide rings is 1. The second kappa shape index (κ2) is 33.0. The van der Waals surface area contributed by atoms with Gasteiger partial charge in [-0.2, -0.15) is 0 Å². The Morgan fingerprint density at radius 1 is 0.655 bits per heavy atom. The van der Waals surface area contributed by atoms with Gasteiger partial charge in [0, 0.05) is 12.8 Å². The van der Waals surface area contributed by atoms with E-state index in [1.165, 1.54) is 57.8 Å². The highest BCUT2D eigenvalue weighted by Crippen LogP contribution is 2.43. The molecule has 0 saturated carbocycles. The zero-order valence-corrected chi connectivity index (χ0v) is 36.2. The zero-order chi connectivity index (χ0) is 40.5. The van der Waals surface area contributed by atoms with Crippen LogP contribution in [0, 0.1) is 0 Å². The minimum atomic E-state index is -4.39. The molecule has 3 unspecified atom stereocenters. The van der Waals surface area contributed by atoms with E-state index >= 15 is 0 Å². The number of ether oxygens (including phenoxy) is 3. The number of unbranched alkanes of at least 4 members (excludes halogenated alkanes) is 13. The minimum Gasteiger partial charge on any atom is -0.462 e. The molecule has 55 heavy (non-hydrogen) atoms. The van der Waals surface area contributed by atoms with Crippen molar-refractivity contribution in [3.63, 3.8) is 0 Å². The van der Waals surface area contributed by atoms with Crippen molar-refractivity contribution in [2.45, 2.75) is 173 Å². The molecule has 0 aromatic carbocycles. The molecule has 0 aromatic rings. The van der Waals surface area contributed by atoms with Crippen LogP contribution in [0.5, 0.6) is 0 Å². The third kappa shape index (κ3) is 33.8. The second-order valence-electron chi connectivity index (χ2n) is 15.8. The molecule has 1 fully saturated rings. The number of carbonyl (C=O) groups excluding carboxylic acids is 2. The van der Waals surface area contributed by atoms with Crippen LogP contribution < -0.4 is 0 Å². The van der Waals surface area contributed by atoms with Crippen molar-refractivity contribution in [2.24, 2.45) is 0 Å². The molecule has 1 aliphatic rings. The van der Waals surface area contributed by atoms with Crippen LogP contribution >= 0.6 is 7.82 Å². The molecule has 0 spiro atoms. The van der Waals surface area contributed by atoms with E-state index in [1.807, 2.05) is 21.1 Å². The first-order valence-electron chi connectivity index (χ1n) is 21.5. The summed E-state index contributed by atoms with van der Waals surface area (Å²) in [6.45, 7) is 4.27. The van der Waals surface area contributed by atoms with E-state index in [0.717, 1.165) is 57.8 Å². The number of allylic oxidation sites excluding steroid dienone is 6. The van der Waals surface area contributed by atoms with Crippen molar-refractivity contribution in [1.29, 1.82) is 0 Å². The number of esters is 2. The average molecular weight is 797 g/mol. The highest BCUT2D eigenvalue weighted by atomic mass is 31.2. The number of likely N-dealkylation sites (N-methyl/N-ethyl adjacent to an activating group) is 1. The molecule has 1 heterocycles. The standard InChI is InChI=1S/C44H78NO9P/c1-6-8-10-12-14-16-17-18-19-21-23-25-31-35-44(47)53-40(39-52-55(48,49)51-37-36-45(3,4)5)38-50-43(46)34-30-27-26-29-33-42-41(54-42)32-28-24-22-20-15-13-11-9-7-2/h15-17,20,24,26,28-29,40-42H,6-14,18-19,21-23,25,27,30-39H2,1-5H3/p+1/b17-16-,20-15-,28-24-,29-26-/t40-,41?,42?/m1/s1.